The zero-order chi connectivity index (χ0) is 19.5. The third-order valence-electron chi connectivity index (χ3n) is 4.62. The number of hydrogen-bond donors (Lipinski definition) is 2. The Hall–Kier alpha value is -3.18. The summed E-state index contributed by atoms with van der Waals surface area (Å²) in [6, 6.07) is 25.3. The van der Waals surface area contributed by atoms with Crippen molar-refractivity contribution < 1.29 is 9.59 Å². The second-order valence-corrected chi connectivity index (χ2v) is 7.35. The summed E-state index contributed by atoms with van der Waals surface area (Å²) in [5.41, 5.74) is 3.25. The zero-order valence-electron chi connectivity index (χ0n) is 14.9. The van der Waals surface area contributed by atoms with Crippen molar-refractivity contribution in [3.8, 4) is 0 Å². The number of carbonyl (C=O) groups excluding carboxylic acids is 2. The van der Waals surface area contributed by atoms with Gasteiger partial charge in [-0.2, -0.15) is 0 Å². The predicted molar refractivity (Wildman–Crippen MR) is 113 cm³/mol. The summed E-state index contributed by atoms with van der Waals surface area (Å²) in [4.78, 5) is 25.9. The minimum atomic E-state index is -0.551. The van der Waals surface area contributed by atoms with Gasteiger partial charge in [-0.15, -0.1) is 0 Å². The first-order valence-corrected chi connectivity index (χ1v) is 9.65. The van der Waals surface area contributed by atoms with Crippen LogP contribution in [0.3, 0.4) is 0 Å². The molecule has 0 fully saturated rings. The van der Waals surface area contributed by atoms with E-state index >= 15 is 0 Å². The van der Waals surface area contributed by atoms with E-state index in [0.717, 1.165) is 15.6 Å². The third-order valence-corrected chi connectivity index (χ3v) is 5.15. The van der Waals surface area contributed by atoms with E-state index in [4.69, 9.17) is 0 Å². The number of halogens is 1. The van der Waals surface area contributed by atoms with Crippen molar-refractivity contribution in [3.63, 3.8) is 0 Å². The van der Waals surface area contributed by atoms with E-state index in [0.29, 0.717) is 16.8 Å². The number of rotatable bonds is 4. The van der Waals surface area contributed by atoms with Crippen LogP contribution in [0.5, 0.6) is 0 Å². The molecule has 3 aromatic carbocycles. The smallest absolute Gasteiger partial charge is 0.320 e. The molecule has 0 radical (unpaired) electrons. The van der Waals surface area contributed by atoms with Gasteiger partial charge in [0.15, 0.2) is 5.78 Å². The Labute approximate surface area is 171 Å². The standard InChI is InChI=1S/C23H17BrN2O2/c24-18-13-11-16(12-14-18)21-19(22(27)17-9-5-2-6-10-17)20(25-23(28)26-21)15-7-3-1-4-8-15/h1-14,21H,(H2,25,26,28)/t21-/m0/s1. The summed E-state index contributed by atoms with van der Waals surface area (Å²) in [5, 5.41) is 5.75. The number of urea groups is 1. The first-order valence-electron chi connectivity index (χ1n) is 8.86. The average Bonchev–Trinajstić information content (AvgIpc) is 2.74. The summed E-state index contributed by atoms with van der Waals surface area (Å²) in [6.07, 6.45) is 0. The van der Waals surface area contributed by atoms with Gasteiger partial charge in [0, 0.05) is 10.0 Å². The lowest BCUT2D eigenvalue weighted by molar-refractivity contribution is 0.102. The largest absolute Gasteiger partial charge is 0.327 e. The second-order valence-electron chi connectivity index (χ2n) is 6.43. The van der Waals surface area contributed by atoms with Gasteiger partial charge in [-0.25, -0.2) is 4.79 Å². The van der Waals surface area contributed by atoms with Crippen molar-refractivity contribution >= 4 is 33.4 Å². The number of benzene rings is 3. The molecule has 138 valence electrons. The van der Waals surface area contributed by atoms with Crippen LogP contribution in [0.25, 0.3) is 5.70 Å². The van der Waals surface area contributed by atoms with Crippen LogP contribution >= 0.6 is 15.9 Å². The monoisotopic (exact) mass is 432 g/mol. The molecule has 2 N–H and O–H groups in total. The minimum absolute atomic E-state index is 0.125. The second kappa shape index (κ2) is 7.82. The lowest BCUT2D eigenvalue weighted by Gasteiger charge is -2.30. The highest BCUT2D eigenvalue weighted by Crippen LogP contribution is 2.33. The highest BCUT2D eigenvalue weighted by molar-refractivity contribution is 9.10. The van der Waals surface area contributed by atoms with Crippen LogP contribution < -0.4 is 10.6 Å². The summed E-state index contributed by atoms with van der Waals surface area (Å²) in [5.74, 6) is -0.125. The lowest BCUT2D eigenvalue weighted by atomic mass is 9.87. The molecule has 1 heterocycles. The minimum Gasteiger partial charge on any atom is -0.327 e. The van der Waals surface area contributed by atoms with Gasteiger partial charge in [-0.05, 0) is 23.3 Å². The highest BCUT2D eigenvalue weighted by Gasteiger charge is 2.33. The maximum atomic E-state index is 13.5. The molecule has 0 aliphatic carbocycles. The molecule has 28 heavy (non-hydrogen) atoms. The Morgan fingerprint density at radius 3 is 2.07 bits per heavy atom. The quantitative estimate of drug-likeness (QED) is 0.563. The molecule has 4 rings (SSSR count). The molecule has 0 aromatic heterocycles. The van der Waals surface area contributed by atoms with Gasteiger partial charge in [0.25, 0.3) is 0 Å². The number of ketones is 1. The van der Waals surface area contributed by atoms with Crippen LogP contribution in [0.15, 0.2) is 95.0 Å². The Kier molecular flexibility index (Phi) is 5.08. The topological polar surface area (TPSA) is 58.2 Å². The predicted octanol–water partition coefficient (Wildman–Crippen LogP) is 5.10. The van der Waals surface area contributed by atoms with Crippen molar-refractivity contribution in [1.29, 1.82) is 0 Å². The van der Waals surface area contributed by atoms with Crippen molar-refractivity contribution in [2.45, 2.75) is 6.04 Å². The Balaban J connectivity index is 1.92. The van der Waals surface area contributed by atoms with E-state index in [1.807, 2.05) is 72.8 Å². The fourth-order valence-corrected chi connectivity index (χ4v) is 3.56. The summed E-state index contributed by atoms with van der Waals surface area (Å²) >= 11 is 3.43. The fraction of sp³-hybridized carbons (Fsp3) is 0.0435. The Morgan fingerprint density at radius 1 is 0.821 bits per heavy atom. The number of hydrogen-bond acceptors (Lipinski definition) is 2. The number of Topliss-reactive ketones (excluding diaryl/α,β-unsaturated/α-hetero) is 1. The molecule has 0 unspecified atom stereocenters. The molecule has 1 aliphatic heterocycles. The normalized spacial score (nSPS) is 16.3. The molecule has 1 aliphatic rings. The van der Waals surface area contributed by atoms with Gasteiger partial charge >= 0.3 is 6.03 Å². The number of carbonyl (C=O) groups is 2. The number of nitrogens with one attached hydrogen (secondary N) is 2. The van der Waals surface area contributed by atoms with Crippen molar-refractivity contribution in [1.82, 2.24) is 10.6 Å². The van der Waals surface area contributed by atoms with E-state index in [2.05, 4.69) is 26.6 Å². The summed E-state index contributed by atoms with van der Waals surface area (Å²) in [6.45, 7) is 0. The van der Waals surface area contributed by atoms with E-state index in [9.17, 15) is 9.59 Å². The molecule has 4 nitrogen and oxygen atoms in total. The van der Waals surface area contributed by atoms with Crippen LogP contribution in [0.1, 0.15) is 27.5 Å². The molecule has 3 aromatic rings. The average molecular weight is 433 g/mol. The van der Waals surface area contributed by atoms with Gasteiger partial charge in [0.2, 0.25) is 0 Å². The molecular formula is C23H17BrN2O2. The van der Waals surface area contributed by atoms with E-state index < -0.39 is 6.04 Å². The van der Waals surface area contributed by atoms with Crippen molar-refractivity contribution in [2.75, 3.05) is 0 Å². The molecular weight excluding hydrogens is 416 g/mol. The maximum absolute atomic E-state index is 13.5. The molecule has 0 bridgehead atoms. The third kappa shape index (κ3) is 3.62. The first-order chi connectivity index (χ1) is 13.6. The van der Waals surface area contributed by atoms with Gasteiger partial charge in [-0.3, -0.25) is 4.79 Å². The fourth-order valence-electron chi connectivity index (χ4n) is 3.29. The molecule has 0 saturated carbocycles. The molecule has 0 spiro atoms. The Bertz CT molecular complexity index is 1040. The van der Waals surface area contributed by atoms with Gasteiger partial charge in [0.05, 0.1) is 17.3 Å². The molecule has 1 atom stereocenters. The van der Waals surface area contributed by atoms with Crippen molar-refractivity contribution in [2.24, 2.45) is 0 Å². The van der Waals surface area contributed by atoms with Gasteiger partial charge in [-0.1, -0.05) is 88.7 Å². The Morgan fingerprint density at radius 2 is 1.43 bits per heavy atom. The zero-order valence-corrected chi connectivity index (χ0v) is 16.4. The van der Waals surface area contributed by atoms with Gasteiger partial charge < -0.3 is 10.6 Å². The van der Waals surface area contributed by atoms with E-state index in [-0.39, 0.29) is 11.8 Å². The summed E-state index contributed by atoms with van der Waals surface area (Å²) in [7, 11) is 0. The molecule has 5 heteroatoms. The van der Waals surface area contributed by atoms with Crippen LogP contribution in [0, 0.1) is 0 Å². The SMILES string of the molecule is O=C1NC(c2ccccc2)=C(C(=O)c2ccccc2)[C@H](c2ccc(Br)cc2)N1. The van der Waals surface area contributed by atoms with Crippen LogP contribution in [0.2, 0.25) is 0 Å². The van der Waals surface area contributed by atoms with Crippen LogP contribution in [0.4, 0.5) is 4.79 Å². The van der Waals surface area contributed by atoms with Gasteiger partial charge in [0.1, 0.15) is 0 Å². The first kappa shape index (κ1) is 18.2. The van der Waals surface area contributed by atoms with Crippen molar-refractivity contribution in [3.05, 3.63) is 112 Å². The van der Waals surface area contributed by atoms with Crippen LogP contribution in [-0.4, -0.2) is 11.8 Å². The highest BCUT2D eigenvalue weighted by atomic mass is 79.9. The molecule has 2 amide bonds. The van der Waals surface area contributed by atoms with Crippen LogP contribution in [-0.2, 0) is 0 Å². The molecule has 0 saturated heterocycles. The summed E-state index contributed by atoms with van der Waals surface area (Å²) < 4.78 is 0.930. The maximum Gasteiger partial charge on any atom is 0.320 e. The van der Waals surface area contributed by atoms with E-state index in [1.54, 1.807) is 12.1 Å². The van der Waals surface area contributed by atoms with E-state index in [1.165, 1.54) is 0 Å². The lowest BCUT2D eigenvalue weighted by Crippen LogP contribution is -2.45. The number of amides is 2.